The predicted octanol–water partition coefficient (Wildman–Crippen LogP) is 2.94. The highest BCUT2D eigenvalue weighted by Crippen LogP contribution is 2.46. The third-order valence-electron chi connectivity index (χ3n) is 6.22. The number of nitrogens with zero attached hydrogens (tertiary/aromatic N) is 2. The minimum Gasteiger partial charge on any atom is -0.337 e. The molecule has 5 rings (SSSR count). The lowest BCUT2D eigenvalue weighted by molar-refractivity contribution is -0.136. The minimum atomic E-state index is -0.546. The van der Waals surface area contributed by atoms with Gasteiger partial charge in [-0.15, -0.1) is 24.8 Å². The molecule has 0 aromatic heterocycles. The van der Waals surface area contributed by atoms with Crippen molar-refractivity contribution >= 4 is 30.7 Å². The number of nitrogens with two attached hydrogens (primary N) is 1. The van der Waals surface area contributed by atoms with Crippen LogP contribution in [0.2, 0.25) is 0 Å². The standard InChI is InChI=1S/C19H25F2N3O.2ClH/c20-14-8-13(9-15(21)10-14)16-11-24(17(25)2-1-5-22)18-12-3-6-23(7-4-12)19(16)18;;/h8-10,12,16,18-19H,1-7,11,22H2;2*1H/t16-,18+,19+;;/m0../s1. The van der Waals surface area contributed by atoms with Crippen LogP contribution in [0.4, 0.5) is 8.78 Å². The zero-order valence-corrected chi connectivity index (χ0v) is 16.8. The summed E-state index contributed by atoms with van der Waals surface area (Å²) in [4.78, 5) is 17.2. The summed E-state index contributed by atoms with van der Waals surface area (Å²) in [7, 11) is 0. The second kappa shape index (κ2) is 9.03. The van der Waals surface area contributed by atoms with E-state index in [-0.39, 0.29) is 48.7 Å². The number of carbonyl (C=O) groups excluding carboxylic acids is 1. The summed E-state index contributed by atoms with van der Waals surface area (Å²) in [6.07, 6.45) is 3.34. The third-order valence-corrected chi connectivity index (χ3v) is 6.22. The van der Waals surface area contributed by atoms with Crippen LogP contribution in [0.1, 0.15) is 37.2 Å². The zero-order chi connectivity index (χ0) is 17.6. The Hall–Kier alpha value is -0.950. The molecule has 27 heavy (non-hydrogen) atoms. The second-order valence-corrected chi connectivity index (χ2v) is 7.60. The lowest BCUT2D eigenvalue weighted by Crippen LogP contribution is -2.60. The van der Waals surface area contributed by atoms with E-state index in [0.717, 1.165) is 32.0 Å². The fourth-order valence-electron chi connectivity index (χ4n) is 5.18. The zero-order valence-electron chi connectivity index (χ0n) is 15.2. The number of likely N-dealkylation sites (tertiary alicyclic amines) is 1. The first-order chi connectivity index (χ1) is 12.1. The van der Waals surface area contributed by atoms with Crippen molar-refractivity contribution in [1.29, 1.82) is 0 Å². The fraction of sp³-hybridized carbons (Fsp3) is 0.632. The molecule has 152 valence electrons. The van der Waals surface area contributed by atoms with Crippen LogP contribution >= 0.6 is 24.8 Å². The van der Waals surface area contributed by atoms with E-state index in [1.807, 2.05) is 4.90 Å². The predicted molar refractivity (Wildman–Crippen MR) is 105 cm³/mol. The van der Waals surface area contributed by atoms with Crippen molar-refractivity contribution in [2.45, 2.75) is 43.7 Å². The Labute approximate surface area is 171 Å². The maximum absolute atomic E-state index is 13.8. The molecule has 4 saturated heterocycles. The number of hydrogen-bond acceptors (Lipinski definition) is 3. The minimum absolute atomic E-state index is 0. The number of carbonyl (C=O) groups is 1. The molecule has 0 unspecified atom stereocenters. The van der Waals surface area contributed by atoms with Gasteiger partial charge in [-0.2, -0.15) is 0 Å². The molecule has 2 bridgehead atoms. The SMILES string of the molecule is Cl.Cl.NCCCC(=O)N1C[C@@H](c2cc(F)cc(F)c2)[C@@H]2[C@H]1C1CCN2CC1. The number of amides is 1. The first-order valence-corrected chi connectivity index (χ1v) is 9.28. The van der Waals surface area contributed by atoms with Gasteiger partial charge in [-0.05, 0) is 62.5 Å². The quantitative estimate of drug-likeness (QED) is 0.812. The monoisotopic (exact) mass is 421 g/mol. The molecule has 2 N–H and O–H groups in total. The van der Waals surface area contributed by atoms with E-state index in [2.05, 4.69) is 4.90 Å². The molecular weight excluding hydrogens is 395 g/mol. The normalized spacial score (nSPS) is 31.1. The molecule has 4 nitrogen and oxygen atoms in total. The second-order valence-electron chi connectivity index (χ2n) is 7.60. The maximum Gasteiger partial charge on any atom is 0.222 e. The summed E-state index contributed by atoms with van der Waals surface area (Å²) in [6, 6.07) is 4.12. The first-order valence-electron chi connectivity index (χ1n) is 9.28. The number of piperidine rings is 3. The van der Waals surface area contributed by atoms with Gasteiger partial charge in [0.15, 0.2) is 0 Å². The molecule has 4 fully saturated rings. The van der Waals surface area contributed by atoms with Gasteiger partial charge in [0.1, 0.15) is 11.6 Å². The Morgan fingerprint density at radius 1 is 1.07 bits per heavy atom. The average Bonchev–Trinajstić information content (AvgIpc) is 3.03. The van der Waals surface area contributed by atoms with Crippen molar-refractivity contribution in [1.82, 2.24) is 9.80 Å². The maximum atomic E-state index is 13.8. The van der Waals surface area contributed by atoms with Gasteiger partial charge in [-0.3, -0.25) is 9.69 Å². The van der Waals surface area contributed by atoms with Gasteiger partial charge in [0.25, 0.3) is 0 Å². The van der Waals surface area contributed by atoms with Crippen LogP contribution in [-0.2, 0) is 4.79 Å². The third kappa shape index (κ3) is 4.09. The van der Waals surface area contributed by atoms with E-state index >= 15 is 0 Å². The highest BCUT2D eigenvalue weighted by molar-refractivity contribution is 5.85. The van der Waals surface area contributed by atoms with Crippen molar-refractivity contribution < 1.29 is 13.6 Å². The summed E-state index contributed by atoms with van der Waals surface area (Å²) in [5.74, 6) is -0.486. The van der Waals surface area contributed by atoms with Gasteiger partial charge in [0.2, 0.25) is 5.91 Å². The molecule has 3 atom stereocenters. The van der Waals surface area contributed by atoms with Crippen LogP contribution in [0, 0.1) is 17.6 Å². The molecule has 0 aliphatic carbocycles. The summed E-state index contributed by atoms with van der Waals surface area (Å²) in [6.45, 7) is 3.09. The molecule has 8 heteroatoms. The van der Waals surface area contributed by atoms with Crippen LogP contribution in [-0.4, -0.2) is 54.0 Å². The summed E-state index contributed by atoms with van der Waals surface area (Å²) in [5.41, 5.74) is 6.23. The summed E-state index contributed by atoms with van der Waals surface area (Å²) < 4.78 is 27.5. The van der Waals surface area contributed by atoms with E-state index in [9.17, 15) is 13.6 Å². The van der Waals surface area contributed by atoms with Crippen LogP contribution in [0.5, 0.6) is 0 Å². The van der Waals surface area contributed by atoms with Gasteiger partial charge in [-0.1, -0.05) is 0 Å². The van der Waals surface area contributed by atoms with E-state index in [1.165, 1.54) is 12.1 Å². The van der Waals surface area contributed by atoms with Crippen molar-refractivity contribution in [2.24, 2.45) is 11.7 Å². The van der Waals surface area contributed by atoms with Crippen LogP contribution in [0.15, 0.2) is 18.2 Å². The number of rotatable bonds is 4. The Morgan fingerprint density at radius 3 is 2.30 bits per heavy atom. The molecule has 1 amide bonds. The molecular formula is C19H27Cl2F2N3O. The van der Waals surface area contributed by atoms with Crippen LogP contribution < -0.4 is 5.73 Å². The fourth-order valence-corrected chi connectivity index (χ4v) is 5.18. The largest absolute Gasteiger partial charge is 0.337 e. The smallest absolute Gasteiger partial charge is 0.222 e. The van der Waals surface area contributed by atoms with Gasteiger partial charge < -0.3 is 10.6 Å². The summed E-state index contributed by atoms with van der Waals surface area (Å²) in [5, 5.41) is 0. The first kappa shape index (κ1) is 22.3. The summed E-state index contributed by atoms with van der Waals surface area (Å²) >= 11 is 0. The molecule has 0 radical (unpaired) electrons. The molecule has 0 spiro atoms. The lowest BCUT2D eigenvalue weighted by atomic mass is 9.75. The van der Waals surface area contributed by atoms with E-state index < -0.39 is 11.6 Å². The number of hydrogen-bond donors (Lipinski definition) is 1. The lowest BCUT2D eigenvalue weighted by Gasteiger charge is -2.51. The van der Waals surface area contributed by atoms with Crippen molar-refractivity contribution in [3.05, 3.63) is 35.4 Å². The van der Waals surface area contributed by atoms with Gasteiger partial charge in [-0.25, -0.2) is 8.78 Å². The molecule has 0 saturated carbocycles. The highest BCUT2D eigenvalue weighted by Gasteiger charge is 2.54. The molecule has 4 aliphatic rings. The Bertz CT molecular complexity index is 650. The number of halogens is 4. The topological polar surface area (TPSA) is 49.6 Å². The molecule has 4 aliphatic heterocycles. The van der Waals surface area contributed by atoms with E-state index in [0.29, 0.717) is 37.4 Å². The Morgan fingerprint density at radius 2 is 1.70 bits per heavy atom. The van der Waals surface area contributed by atoms with Gasteiger partial charge in [0.05, 0.1) is 6.04 Å². The highest BCUT2D eigenvalue weighted by atomic mass is 35.5. The molecule has 4 heterocycles. The van der Waals surface area contributed by atoms with Gasteiger partial charge in [0, 0.05) is 31.0 Å². The Balaban J connectivity index is 0.00000131. The number of benzene rings is 1. The van der Waals surface area contributed by atoms with Crippen molar-refractivity contribution in [2.75, 3.05) is 26.2 Å². The van der Waals surface area contributed by atoms with Gasteiger partial charge >= 0.3 is 0 Å². The van der Waals surface area contributed by atoms with Crippen LogP contribution in [0.3, 0.4) is 0 Å². The van der Waals surface area contributed by atoms with E-state index in [1.54, 1.807) is 0 Å². The molecule has 1 aromatic carbocycles. The van der Waals surface area contributed by atoms with Crippen molar-refractivity contribution in [3.8, 4) is 0 Å². The van der Waals surface area contributed by atoms with E-state index in [4.69, 9.17) is 5.73 Å². The van der Waals surface area contributed by atoms with Crippen LogP contribution in [0.25, 0.3) is 0 Å². The Kier molecular flexibility index (Phi) is 7.47. The number of fused-ring (bicyclic) bond motifs is 2. The average molecular weight is 422 g/mol. The molecule has 1 aromatic rings. The van der Waals surface area contributed by atoms with Crippen molar-refractivity contribution in [3.63, 3.8) is 0 Å².